The van der Waals surface area contributed by atoms with Crippen molar-refractivity contribution in [1.29, 1.82) is 0 Å². The molecule has 1 aromatic carbocycles. The number of nitrogens with zero attached hydrogens (tertiary/aromatic N) is 2. The van der Waals surface area contributed by atoms with Gasteiger partial charge in [-0.05, 0) is 30.7 Å². The van der Waals surface area contributed by atoms with Crippen molar-refractivity contribution in [3.8, 4) is 0 Å². The molecule has 0 fully saturated rings. The second kappa shape index (κ2) is 4.45. The predicted octanol–water partition coefficient (Wildman–Crippen LogP) is 3.38. The lowest BCUT2D eigenvalue weighted by atomic mass is 10.1. The van der Waals surface area contributed by atoms with Crippen molar-refractivity contribution >= 4 is 6.21 Å². The number of hydrogen-bond acceptors (Lipinski definition) is 3. The summed E-state index contributed by atoms with van der Waals surface area (Å²) >= 11 is 0. The second-order valence-electron chi connectivity index (χ2n) is 3.94. The topological polar surface area (TPSA) is 35.8 Å². The van der Waals surface area contributed by atoms with Gasteiger partial charge in [0.25, 0.3) is 0 Å². The van der Waals surface area contributed by atoms with Gasteiger partial charge in [-0.25, -0.2) is 5.06 Å². The summed E-state index contributed by atoms with van der Waals surface area (Å²) in [6, 6.07) is 4.58. The van der Waals surface area contributed by atoms with Gasteiger partial charge in [-0.2, -0.15) is 13.2 Å². The third kappa shape index (κ3) is 2.38. The van der Waals surface area contributed by atoms with E-state index < -0.39 is 17.9 Å². The zero-order valence-corrected chi connectivity index (χ0v) is 9.52. The molecule has 1 aromatic rings. The van der Waals surface area contributed by atoms with Crippen LogP contribution < -0.4 is 0 Å². The molecule has 1 atom stereocenters. The number of allylic oxidation sites excluding steroid dienone is 2. The molecule has 96 valence electrons. The summed E-state index contributed by atoms with van der Waals surface area (Å²) in [6.45, 7) is 1.68. The van der Waals surface area contributed by atoms with Crippen LogP contribution in [0, 0.1) is 0 Å². The van der Waals surface area contributed by atoms with Gasteiger partial charge in [0, 0.05) is 11.9 Å². The molecule has 0 spiro atoms. The summed E-state index contributed by atoms with van der Waals surface area (Å²) in [5, 5.41) is 10.7. The van der Waals surface area contributed by atoms with Crippen LogP contribution in [0.2, 0.25) is 0 Å². The molecule has 0 radical (unpaired) electrons. The fourth-order valence-electron chi connectivity index (χ4n) is 1.64. The lowest BCUT2D eigenvalue weighted by molar-refractivity contribution is -0.137. The summed E-state index contributed by atoms with van der Waals surface area (Å²) in [7, 11) is 0. The molecule has 18 heavy (non-hydrogen) atoms. The Labute approximate surface area is 102 Å². The van der Waals surface area contributed by atoms with E-state index in [1.165, 1.54) is 18.3 Å². The highest BCUT2D eigenvalue weighted by Crippen LogP contribution is 2.32. The van der Waals surface area contributed by atoms with Crippen LogP contribution in [0.25, 0.3) is 0 Å². The highest BCUT2D eigenvalue weighted by atomic mass is 19.4. The standard InChI is InChI=1S/C12H11F3N2O/c1-8-6-7-16-11(17(8)18)9-2-4-10(5-3-9)12(13,14)15/h2-7,11,18H,1H3. The normalized spacial score (nSPS) is 19.9. The SMILES string of the molecule is CC1=CC=NC(c2ccc(C(F)(F)F)cc2)N1O. The average molecular weight is 256 g/mol. The number of alkyl halides is 3. The van der Waals surface area contributed by atoms with Crippen molar-refractivity contribution in [3.63, 3.8) is 0 Å². The zero-order chi connectivity index (χ0) is 13.3. The molecule has 6 heteroatoms. The molecule has 1 unspecified atom stereocenters. The van der Waals surface area contributed by atoms with Crippen molar-refractivity contribution in [1.82, 2.24) is 5.06 Å². The van der Waals surface area contributed by atoms with Crippen molar-refractivity contribution in [2.75, 3.05) is 0 Å². The molecule has 1 aliphatic rings. The highest BCUT2D eigenvalue weighted by Gasteiger charge is 2.30. The Morgan fingerprint density at radius 2 is 1.83 bits per heavy atom. The van der Waals surface area contributed by atoms with E-state index >= 15 is 0 Å². The first kappa shape index (κ1) is 12.6. The van der Waals surface area contributed by atoms with E-state index in [2.05, 4.69) is 4.99 Å². The molecule has 1 N–H and O–H groups in total. The van der Waals surface area contributed by atoms with Crippen molar-refractivity contribution in [2.45, 2.75) is 19.3 Å². The first-order valence-electron chi connectivity index (χ1n) is 5.25. The molecule has 3 nitrogen and oxygen atoms in total. The van der Waals surface area contributed by atoms with E-state index in [1.807, 2.05) is 0 Å². The van der Waals surface area contributed by atoms with Gasteiger partial charge in [0.1, 0.15) is 0 Å². The molecular weight excluding hydrogens is 245 g/mol. The molecule has 0 bridgehead atoms. The van der Waals surface area contributed by atoms with Gasteiger partial charge < -0.3 is 0 Å². The number of hydrogen-bond donors (Lipinski definition) is 1. The molecule has 0 saturated carbocycles. The zero-order valence-electron chi connectivity index (χ0n) is 9.52. The van der Waals surface area contributed by atoms with Gasteiger partial charge in [0.15, 0.2) is 6.17 Å². The van der Waals surface area contributed by atoms with Crippen LogP contribution in [0.4, 0.5) is 13.2 Å². The third-order valence-electron chi connectivity index (χ3n) is 2.67. The van der Waals surface area contributed by atoms with E-state index in [9.17, 15) is 18.4 Å². The number of aliphatic imine (C=N–C) groups is 1. The van der Waals surface area contributed by atoms with Gasteiger partial charge >= 0.3 is 6.18 Å². The Balaban J connectivity index is 2.26. The van der Waals surface area contributed by atoms with E-state index in [0.717, 1.165) is 17.2 Å². The fraction of sp³-hybridized carbons (Fsp3) is 0.250. The first-order chi connectivity index (χ1) is 8.39. The van der Waals surface area contributed by atoms with Crippen molar-refractivity contribution in [3.05, 3.63) is 47.2 Å². The molecule has 0 saturated heterocycles. The van der Waals surface area contributed by atoms with Crippen molar-refractivity contribution in [2.24, 2.45) is 4.99 Å². The molecule has 2 rings (SSSR count). The van der Waals surface area contributed by atoms with Crippen LogP contribution in [0.15, 0.2) is 41.0 Å². The lowest BCUT2D eigenvalue weighted by Crippen LogP contribution is -2.24. The average Bonchev–Trinajstić information content (AvgIpc) is 2.32. The largest absolute Gasteiger partial charge is 0.416 e. The van der Waals surface area contributed by atoms with E-state index in [-0.39, 0.29) is 0 Å². The van der Waals surface area contributed by atoms with Crippen LogP contribution in [-0.2, 0) is 6.18 Å². The Kier molecular flexibility index (Phi) is 3.13. The number of hydroxylamine groups is 2. The van der Waals surface area contributed by atoms with E-state index in [1.54, 1.807) is 13.0 Å². The molecule has 0 aliphatic carbocycles. The van der Waals surface area contributed by atoms with Crippen LogP contribution in [0.3, 0.4) is 0 Å². The maximum atomic E-state index is 12.4. The molecule has 0 amide bonds. The van der Waals surface area contributed by atoms with Crippen LogP contribution >= 0.6 is 0 Å². The maximum Gasteiger partial charge on any atom is 0.416 e. The minimum atomic E-state index is -4.36. The van der Waals surface area contributed by atoms with Crippen LogP contribution in [0.5, 0.6) is 0 Å². The molecule has 1 aliphatic heterocycles. The number of benzene rings is 1. The fourth-order valence-corrected chi connectivity index (χ4v) is 1.64. The predicted molar refractivity (Wildman–Crippen MR) is 60.1 cm³/mol. The first-order valence-corrected chi connectivity index (χ1v) is 5.25. The molecule has 1 heterocycles. The van der Waals surface area contributed by atoms with Crippen molar-refractivity contribution < 1.29 is 18.4 Å². The van der Waals surface area contributed by atoms with Gasteiger partial charge in [0.05, 0.1) is 5.56 Å². The third-order valence-corrected chi connectivity index (χ3v) is 2.67. The minimum absolute atomic E-state index is 0.495. The summed E-state index contributed by atoms with van der Waals surface area (Å²) in [6.07, 6.45) is -1.93. The van der Waals surface area contributed by atoms with Crippen LogP contribution in [-0.4, -0.2) is 16.5 Å². The van der Waals surface area contributed by atoms with Gasteiger partial charge in [0.2, 0.25) is 0 Å². The van der Waals surface area contributed by atoms with Crippen LogP contribution in [0.1, 0.15) is 24.2 Å². The monoisotopic (exact) mass is 256 g/mol. The summed E-state index contributed by atoms with van der Waals surface area (Å²) < 4.78 is 37.2. The molecule has 0 aromatic heterocycles. The maximum absolute atomic E-state index is 12.4. The Hall–Kier alpha value is -1.82. The molecular formula is C12H11F3N2O. The van der Waals surface area contributed by atoms with Gasteiger partial charge in [-0.1, -0.05) is 12.1 Å². The van der Waals surface area contributed by atoms with Gasteiger partial charge in [-0.15, -0.1) is 0 Å². The summed E-state index contributed by atoms with van der Waals surface area (Å²) in [5.41, 5.74) is 0.354. The summed E-state index contributed by atoms with van der Waals surface area (Å²) in [4.78, 5) is 4.02. The second-order valence-corrected chi connectivity index (χ2v) is 3.94. The van der Waals surface area contributed by atoms with Gasteiger partial charge in [-0.3, -0.25) is 10.2 Å². The van der Waals surface area contributed by atoms with E-state index in [4.69, 9.17) is 0 Å². The Morgan fingerprint density at radius 3 is 2.39 bits per heavy atom. The van der Waals surface area contributed by atoms with E-state index in [0.29, 0.717) is 11.3 Å². The minimum Gasteiger partial charge on any atom is -0.286 e. The Morgan fingerprint density at radius 1 is 1.22 bits per heavy atom. The number of halogens is 3. The quantitative estimate of drug-likeness (QED) is 0.836. The smallest absolute Gasteiger partial charge is 0.286 e. The highest BCUT2D eigenvalue weighted by molar-refractivity contribution is 5.73. The summed E-state index contributed by atoms with van der Waals surface area (Å²) in [5.74, 6) is 0. The lowest BCUT2D eigenvalue weighted by Gasteiger charge is -2.27. The Bertz CT molecular complexity index is 491. The number of rotatable bonds is 1.